The van der Waals surface area contributed by atoms with Crippen LogP contribution in [-0.4, -0.2) is 42.5 Å². The molecular weight excluding hydrogens is 342 g/mol. The molecular formula is C21H25N3O3. The molecule has 27 heavy (non-hydrogen) atoms. The molecule has 6 heteroatoms. The van der Waals surface area contributed by atoms with Gasteiger partial charge in [-0.05, 0) is 42.7 Å². The van der Waals surface area contributed by atoms with Gasteiger partial charge < -0.3 is 15.8 Å². The van der Waals surface area contributed by atoms with Crippen molar-refractivity contribution in [3.63, 3.8) is 0 Å². The molecule has 0 saturated carbocycles. The highest BCUT2D eigenvalue weighted by molar-refractivity contribution is 5.93. The lowest BCUT2D eigenvalue weighted by atomic mass is 9.99. The lowest BCUT2D eigenvalue weighted by Gasteiger charge is -2.33. The van der Waals surface area contributed by atoms with E-state index in [1.165, 1.54) is 17.2 Å². The van der Waals surface area contributed by atoms with Crippen molar-refractivity contribution in [1.29, 1.82) is 0 Å². The highest BCUT2D eigenvalue weighted by atomic mass is 16.5. The Labute approximate surface area is 159 Å². The van der Waals surface area contributed by atoms with E-state index in [2.05, 4.69) is 41.4 Å². The van der Waals surface area contributed by atoms with Gasteiger partial charge in [0.25, 0.3) is 5.91 Å². The van der Waals surface area contributed by atoms with Gasteiger partial charge in [-0.15, -0.1) is 0 Å². The van der Waals surface area contributed by atoms with E-state index in [0.29, 0.717) is 17.9 Å². The summed E-state index contributed by atoms with van der Waals surface area (Å²) in [5.41, 5.74) is 8.37. The van der Waals surface area contributed by atoms with Gasteiger partial charge in [-0.2, -0.15) is 0 Å². The van der Waals surface area contributed by atoms with Crippen molar-refractivity contribution in [3.05, 3.63) is 65.2 Å². The lowest BCUT2D eigenvalue weighted by Crippen LogP contribution is -2.45. The van der Waals surface area contributed by atoms with Crippen LogP contribution in [0.1, 0.15) is 28.4 Å². The van der Waals surface area contributed by atoms with E-state index in [0.717, 1.165) is 19.5 Å². The summed E-state index contributed by atoms with van der Waals surface area (Å²) < 4.78 is 5.45. The molecule has 0 radical (unpaired) electrons. The summed E-state index contributed by atoms with van der Waals surface area (Å²) >= 11 is 0. The zero-order valence-electron chi connectivity index (χ0n) is 15.5. The van der Waals surface area contributed by atoms with Crippen molar-refractivity contribution < 1.29 is 14.3 Å². The minimum Gasteiger partial charge on any atom is -0.484 e. The van der Waals surface area contributed by atoms with Gasteiger partial charge in [0.05, 0.1) is 0 Å². The Bertz CT molecular complexity index is 822. The van der Waals surface area contributed by atoms with E-state index >= 15 is 0 Å². The fourth-order valence-corrected chi connectivity index (χ4v) is 3.22. The quantitative estimate of drug-likeness (QED) is 0.780. The van der Waals surface area contributed by atoms with Crippen molar-refractivity contribution in [3.8, 4) is 5.75 Å². The first-order valence-electron chi connectivity index (χ1n) is 9.13. The molecule has 1 aliphatic heterocycles. The fourth-order valence-electron chi connectivity index (χ4n) is 3.22. The Morgan fingerprint density at radius 1 is 1.19 bits per heavy atom. The van der Waals surface area contributed by atoms with E-state index in [1.54, 1.807) is 18.2 Å². The Kier molecular flexibility index (Phi) is 6.08. The number of benzene rings is 2. The monoisotopic (exact) mass is 367 g/mol. The van der Waals surface area contributed by atoms with E-state index in [-0.39, 0.29) is 18.6 Å². The molecule has 0 aromatic heterocycles. The second kappa shape index (κ2) is 8.68. The summed E-state index contributed by atoms with van der Waals surface area (Å²) in [6.07, 6.45) is 1.04. The number of amides is 2. The van der Waals surface area contributed by atoms with Gasteiger partial charge in [-0.1, -0.05) is 30.3 Å². The average Bonchev–Trinajstić information content (AvgIpc) is 2.70. The molecule has 2 aromatic rings. The first-order chi connectivity index (χ1) is 13.0. The van der Waals surface area contributed by atoms with Gasteiger partial charge in [-0.3, -0.25) is 14.5 Å². The molecule has 2 aromatic carbocycles. The molecule has 142 valence electrons. The molecule has 1 aliphatic rings. The number of carbonyl (C=O) groups is 2. The van der Waals surface area contributed by atoms with Crippen LogP contribution in [0.25, 0.3) is 0 Å². The van der Waals surface area contributed by atoms with Gasteiger partial charge in [0, 0.05) is 31.2 Å². The third-order valence-electron chi connectivity index (χ3n) is 4.87. The molecule has 3 N–H and O–H groups in total. The molecule has 6 nitrogen and oxygen atoms in total. The number of fused-ring (bicyclic) bond motifs is 1. The number of primary amides is 1. The number of rotatable bonds is 7. The maximum Gasteiger partial charge on any atom is 0.257 e. The van der Waals surface area contributed by atoms with Crippen LogP contribution in [0.5, 0.6) is 5.75 Å². The minimum atomic E-state index is -0.526. The van der Waals surface area contributed by atoms with Crippen LogP contribution in [0.15, 0.2) is 48.5 Å². The molecule has 0 fully saturated rings. The topological polar surface area (TPSA) is 84.7 Å². The predicted molar refractivity (Wildman–Crippen MR) is 103 cm³/mol. The van der Waals surface area contributed by atoms with E-state index in [9.17, 15) is 9.59 Å². The van der Waals surface area contributed by atoms with Crippen LogP contribution < -0.4 is 15.8 Å². The molecule has 3 rings (SSSR count). The van der Waals surface area contributed by atoms with Crippen molar-refractivity contribution in [2.24, 2.45) is 5.73 Å². The van der Waals surface area contributed by atoms with Crippen molar-refractivity contribution in [2.45, 2.75) is 25.9 Å². The Morgan fingerprint density at radius 2 is 1.96 bits per heavy atom. The second-order valence-electron chi connectivity index (χ2n) is 6.82. The molecule has 2 amide bonds. The SMILES string of the molecule is CC(CNC(=O)COc1cccc(C(N)=O)c1)N1CCc2ccccc2C1. The molecule has 1 heterocycles. The first kappa shape index (κ1) is 18.9. The van der Waals surface area contributed by atoms with E-state index < -0.39 is 5.91 Å². The molecule has 0 bridgehead atoms. The number of nitrogens with zero attached hydrogens (tertiary/aromatic N) is 1. The summed E-state index contributed by atoms with van der Waals surface area (Å²) in [7, 11) is 0. The number of carbonyl (C=O) groups excluding carboxylic acids is 2. The number of nitrogens with one attached hydrogen (secondary N) is 1. The van der Waals surface area contributed by atoms with Crippen LogP contribution in [-0.2, 0) is 17.8 Å². The minimum absolute atomic E-state index is 0.0994. The summed E-state index contributed by atoms with van der Waals surface area (Å²) in [6.45, 7) is 4.48. The zero-order valence-corrected chi connectivity index (χ0v) is 15.5. The molecule has 0 aliphatic carbocycles. The third kappa shape index (κ3) is 5.08. The zero-order chi connectivity index (χ0) is 19.2. The highest BCUT2D eigenvalue weighted by Gasteiger charge is 2.20. The smallest absolute Gasteiger partial charge is 0.257 e. The summed E-state index contributed by atoms with van der Waals surface area (Å²) in [5.74, 6) is -0.271. The summed E-state index contributed by atoms with van der Waals surface area (Å²) in [6, 6.07) is 15.2. The fraction of sp³-hybridized carbons (Fsp3) is 0.333. The van der Waals surface area contributed by atoms with Gasteiger partial charge in [0.15, 0.2) is 6.61 Å². The Morgan fingerprint density at radius 3 is 2.74 bits per heavy atom. The van der Waals surface area contributed by atoms with Crippen LogP contribution in [0.3, 0.4) is 0 Å². The Hall–Kier alpha value is -2.86. The Balaban J connectivity index is 1.44. The third-order valence-corrected chi connectivity index (χ3v) is 4.87. The highest BCUT2D eigenvalue weighted by Crippen LogP contribution is 2.20. The summed E-state index contributed by atoms with van der Waals surface area (Å²) in [5, 5.41) is 2.91. The number of ether oxygens (including phenoxy) is 1. The molecule has 1 unspecified atom stereocenters. The van der Waals surface area contributed by atoms with Crippen molar-refractivity contribution >= 4 is 11.8 Å². The van der Waals surface area contributed by atoms with Crippen LogP contribution in [0, 0.1) is 0 Å². The van der Waals surface area contributed by atoms with Gasteiger partial charge >= 0.3 is 0 Å². The number of nitrogens with two attached hydrogens (primary N) is 1. The van der Waals surface area contributed by atoms with E-state index in [4.69, 9.17) is 10.5 Å². The maximum absolute atomic E-state index is 12.1. The number of hydrogen-bond acceptors (Lipinski definition) is 4. The predicted octanol–water partition coefficient (Wildman–Crippen LogP) is 1.73. The van der Waals surface area contributed by atoms with E-state index in [1.807, 2.05) is 0 Å². The van der Waals surface area contributed by atoms with Gasteiger partial charge in [-0.25, -0.2) is 0 Å². The normalized spacial score (nSPS) is 14.9. The molecule has 0 spiro atoms. The molecule has 1 atom stereocenters. The van der Waals surface area contributed by atoms with Gasteiger partial charge in [0.2, 0.25) is 5.91 Å². The standard InChI is InChI=1S/C21H25N3O3/c1-15(24-10-9-16-5-2-3-6-18(16)13-24)12-23-20(25)14-27-19-8-4-7-17(11-19)21(22)26/h2-8,11,15H,9-10,12-14H2,1H3,(H2,22,26)(H,23,25). The van der Waals surface area contributed by atoms with Crippen LogP contribution >= 0.6 is 0 Å². The molecule has 0 saturated heterocycles. The van der Waals surface area contributed by atoms with Crippen molar-refractivity contribution in [1.82, 2.24) is 10.2 Å². The first-order valence-corrected chi connectivity index (χ1v) is 9.13. The van der Waals surface area contributed by atoms with Crippen molar-refractivity contribution in [2.75, 3.05) is 19.7 Å². The van der Waals surface area contributed by atoms with Crippen LogP contribution in [0.2, 0.25) is 0 Å². The maximum atomic E-state index is 12.1. The second-order valence-corrected chi connectivity index (χ2v) is 6.82. The average molecular weight is 367 g/mol. The number of hydrogen-bond donors (Lipinski definition) is 2. The lowest BCUT2D eigenvalue weighted by molar-refractivity contribution is -0.123. The summed E-state index contributed by atoms with van der Waals surface area (Å²) in [4.78, 5) is 25.6. The largest absolute Gasteiger partial charge is 0.484 e. The van der Waals surface area contributed by atoms with Gasteiger partial charge in [0.1, 0.15) is 5.75 Å². The van der Waals surface area contributed by atoms with Crippen LogP contribution in [0.4, 0.5) is 0 Å².